The molecule has 0 aromatic heterocycles. The Kier molecular flexibility index (Phi) is 6.62. The van der Waals surface area contributed by atoms with E-state index < -0.39 is 10.0 Å². The van der Waals surface area contributed by atoms with Crippen LogP contribution >= 0.6 is 11.6 Å². The first-order valence-corrected chi connectivity index (χ1v) is 9.80. The second-order valence-corrected chi connectivity index (χ2v) is 8.60. The van der Waals surface area contributed by atoms with Crippen molar-refractivity contribution in [3.05, 3.63) is 29.3 Å². The Morgan fingerprint density at radius 1 is 1.33 bits per heavy atom. The maximum absolute atomic E-state index is 12.6. The van der Waals surface area contributed by atoms with E-state index in [0.29, 0.717) is 37.5 Å². The molecular formula is C16H24ClN3O3S. The molecule has 0 saturated carbocycles. The van der Waals surface area contributed by atoms with Gasteiger partial charge in [-0.2, -0.15) is 4.31 Å². The van der Waals surface area contributed by atoms with Crippen LogP contribution in [0.4, 0.5) is 0 Å². The molecule has 8 heteroatoms. The van der Waals surface area contributed by atoms with E-state index in [4.69, 9.17) is 11.6 Å². The lowest BCUT2D eigenvalue weighted by atomic mass is 9.97. The summed E-state index contributed by atoms with van der Waals surface area (Å²) in [6.45, 7) is 2.09. The van der Waals surface area contributed by atoms with Crippen LogP contribution in [0, 0.1) is 5.92 Å². The molecular weight excluding hydrogens is 350 g/mol. The third kappa shape index (κ3) is 4.92. The third-order valence-electron chi connectivity index (χ3n) is 4.12. The van der Waals surface area contributed by atoms with E-state index >= 15 is 0 Å². The number of carbonyl (C=O) groups excluding carboxylic acids is 1. The Bertz CT molecular complexity index is 671. The molecule has 0 radical (unpaired) electrons. The SMILES string of the molecule is CN(C)CCNC(=O)C1CCN(S(=O)(=O)c2cccc(Cl)c2)CC1. The molecule has 0 atom stereocenters. The van der Waals surface area contributed by atoms with Crippen molar-refractivity contribution < 1.29 is 13.2 Å². The molecule has 1 N–H and O–H groups in total. The van der Waals surface area contributed by atoms with Crippen molar-refractivity contribution in [1.82, 2.24) is 14.5 Å². The van der Waals surface area contributed by atoms with Gasteiger partial charge in [0, 0.05) is 37.1 Å². The minimum absolute atomic E-state index is 0.0108. The van der Waals surface area contributed by atoms with Crippen LogP contribution in [0.2, 0.25) is 5.02 Å². The molecule has 1 aromatic carbocycles. The zero-order valence-electron chi connectivity index (χ0n) is 14.0. The molecule has 24 heavy (non-hydrogen) atoms. The Morgan fingerprint density at radius 3 is 2.58 bits per heavy atom. The normalized spacial score (nSPS) is 17.2. The molecule has 1 heterocycles. The number of amides is 1. The van der Waals surface area contributed by atoms with Crippen LogP contribution < -0.4 is 5.32 Å². The molecule has 0 unspecified atom stereocenters. The molecule has 2 rings (SSSR count). The third-order valence-corrected chi connectivity index (χ3v) is 6.25. The average molecular weight is 374 g/mol. The number of nitrogens with zero attached hydrogens (tertiary/aromatic N) is 2. The van der Waals surface area contributed by atoms with Gasteiger partial charge in [-0.25, -0.2) is 8.42 Å². The van der Waals surface area contributed by atoms with Crippen molar-refractivity contribution in [2.75, 3.05) is 40.3 Å². The smallest absolute Gasteiger partial charge is 0.243 e. The first-order chi connectivity index (χ1) is 11.3. The lowest BCUT2D eigenvalue weighted by molar-refractivity contribution is -0.126. The second kappa shape index (κ2) is 8.29. The van der Waals surface area contributed by atoms with Gasteiger partial charge in [-0.3, -0.25) is 4.79 Å². The Hall–Kier alpha value is -1.15. The first kappa shape index (κ1) is 19.2. The maximum atomic E-state index is 12.6. The zero-order chi connectivity index (χ0) is 17.7. The molecule has 134 valence electrons. The fourth-order valence-corrected chi connectivity index (χ4v) is 4.45. The Balaban J connectivity index is 1.91. The fraction of sp³-hybridized carbons (Fsp3) is 0.562. The monoisotopic (exact) mass is 373 g/mol. The number of piperidine rings is 1. The summed E-state index contributed by atoms with van der Waals surface area (Å²) in [5.41, 5.74) is 0. The quantitative estimate of drug-likeness (QED) is 0.818. The molecule has 0 spiro atoms. The molecule has 1 saturated heterocycles. The largest absolute Gasteiger partial charge is 0.355 e. The molecule has 1 amide bonds. The minimum atomic E-state index is -3.55. The first-order valence-electron chi connectivity index (χ1n) is 7.99. The van der Waals surface area contributed by atoms with Gasteiger partial charge in [-0.05, 0) is 45.1 Å². The summed E-state index contributed by atoms with van der Waals surface area (Å²) in [7, 11) is 0.348. The van der Waals surface area contributed by atoms with Crippen LogP contribution in [0.25, 0.3) is 0 Å². The number of hydrogen-bond donors (Lipinski definition) is 1. The standard InChI is InChI=1S/C16H24ClN3O3S/c1-19(2)11-8-18-16(21)13-6-9-20(10-7-13)24(22,23)15-5-3-4-14(17)12-15/h3-5,12-13H,6-11H2,1-2H3,(H,18,21). The second-order valence-electron chi connectivity index (χ2n) is 6.23. The number of hydrogen-bond acceptors (Lipinski definition) is 4. The van der Waals surface area contributed by atoms with E-state index in [0.717, 1.165) is 6.54 Å². The van der Waals surface area contributed by atoms with Gasteiger partial charge in [0.15, 0.2) is 0 Å². The molecule has 0 bridgehead atoms. The summed E-state index contributed by atoms with van der Waals surface area (Å²) in [5.74, 6) is -0.116. The predicted molar refractivity (Wildman–Crippen MR) is 94.5 cm³/mol. The van der Waals surface area contributed by atoms with E-state index in [-0.39, 0.29) is 16.7 Å². The fourth-order valence-electron chi connectivity index (χ4n) is 2.68. The van der Waals surface area contributed by atoms with E-state index in [1.54, 1.807) is 18.2 Å². The van der Waals surface area contributed by atoms with Crippen LogP contribution in [0.5, 0.6) is 0 Å². The highest BCUT2D eigenvalue weighted by Crippen LogP contribution is 2.25. The van der Waals surface area contributed by atoms with Crippen molar-refractivity contribution in [3.63, 3.8) is 0 Å². The van der Waals surface area contributed by atoms with Gasteiger partial charge in [0.25, 0.3) is 0 Å². The number of halogens is 1. The number of benzene rings is 1. The Morgan fingerprint density at radius 2 is 2.00 bits per heavy atom. The molecule has 1 aliphatic heterocycles. The lowest BCUT2D eigenvalue weighted by Gasteiger charge is -2.30. The van der Waals surface area contributed by atoms with Crippen molar-refractivity contribution >= 4 is 27.5 Å². The summed E-state index contributed by atoms with van der Waals surface area (Å²) in [5, 5.41) is 3.31. The highest BCUT2D eigenvalue weighted by atomic mass is 35.5. The highest BCUT2D eigenvalue weighted by Gasteiger charge is 2.32. The van der Waals surface area contributed by atoms with Gasteiger partial charge in [-0.15, -0.1) is 0 Å². The minimum Gasteiger partial charge on any atom is -0.355 e. The Labute approximate surface area is 148 Å². The number of carbonyl (C=O) groups is 1. The molecule has 6 nitrogen and oxygen atoms in total. The van der Waals surface area contributed by atoms with E-state index in [1.165, 1.54) is 10.4 Å². The van der Waals surface area contributed by atoms with Crippen molar-refractivity contribution in [2.24, 2.45) is 5.92 Å². The number of likely N-dealkylation sites (N-methyl/N-ethyl adjacent to an activating group) is 1. The van der Waals surface area contributed by atoms with Crippen LogP contribution in [0.3, 0.4) is 0 Å². The summed E-state index contributed by atoms with van der Waals surface area (Å²) >= 11 is 5.89. The molecule has 1 aromatic rings. The van der Waals surface area contributed by atoms with Crippen LogP contribution in [-0.4, -0.2) is 63.8 Å². The van der Waals surface area contributed by atoms with Gasteiger partial charge in [-0.1, -0.05) is 17.7 Å². The maximum Gasteiger partial charge on any atom is 0.243 e. The van der Waals surface area contributed by atoms with Gasteiger partial charge < -0.3 is 10.2 Å². The van der Waals surface area contributed by atoms with E-state index in [1.807, 2.05) is 19.0 Å². The number of rotatable bonds is 6. The van der Waals surface area contributed by atoms with Crippen LogP contribution in [0.15, 0.2) is 29.2 Å². The summed E-state index contributed by atoms with van der Waals surface area (Å²) in [4.78, 5) is 14.3. The average Bonchev–Trinajstić information content (AvgIpc) is 2.54. The van der Waals surface area contributed by atoms with Crippen molar-refractivity contribution in [3.8, 4) is 0 Å². The van der Waals surface area contributed by atoms with E-state index in [2.05, 4.69) is 5.32 Å². The van der Waals surface area contributed by atoms with Gasteiger partial charge in [0.05, 0.1) is 4.90 Å². The van der Waals surface area contributed by atoms with Gasteiger partial charge >= 0.3 is 0 Å². The van der Waals surface area contributed by atoms with Crippen molar-refractivity contribution in [1.29, 1.82) is 0 Å². The topological polar surface area (TPSA) is 69.7 Å². The van der Waals surface area contributed by atoms with E-state index in [9.17, 15) is 13.2 Å². The van der Waals surface area contributed by atoms with Gasteiger partial charge in [0.2, 0.25) is 15.9 Å². The summed E-state index contributed by atoms with van der Waals surface area (Å²) < 4.78 is 26.7. The van der Waals surface area contributed by atoms with Crippen LogP contribution in [-0.2, 0) is 14.8 Å². The molecule has 1 aliphatic rings. The number of sulfonamides is 1. The lowest BCUT2D eigenvalue weighted by Crippen LogP contribution is -2.43. The number of nitrogens with one attached hydrogen (secondary N) is 1. The molecule has 0 aliphatic carbocycles. The van der Waals surface area contributed by atoms with Crippen molar-refractivity contribution in [2.45, 2.75) is 17.7 Å². The van der Waals surface area contributed by atoms with Crippen LogP contribution in [0.1, 0.15) is 12.8 Å². The summed E-state index contributed by atoms with van der Waals surface area (Å²) in [6.07, 6.45) is 1.07. The predicted octanol–water partition coefficient (Wildman–Crippen LogP) is 1.42. The molecule has 1 fully saturated rings. The highest BCUT2D eigenvalue weighted by molar-refractivity contribution is 7.89. The summed E-state index contributed by atoms with van der Waals surface area (Å²) in [6, 6.07) is 6.27. The van der Waals surface area contributed by atoms with Gasteiger partial charge in [0.1, 0.15) is 0 Å². The zero-order valence-corrected chi connectivity index (χ0v) is 15.6.